The lowest BCUT2D eigenvalue weighted by atomic mass is 10.1. The first-order valence-corrected chi connectivity index (χ1v) is 7.59. The Hall–Kier alpha value is -0.960. The summed E-state index contributed by atoms with van der Waals surface area (Å²) in [5.41, 5.74) is 2.38. The molecule has 0 heterocycles. The molecule has 0 aliphatic heterocycles. The first-order valence-electron chi connectivity index (χ1n) is 6.55. The van der Waals surface area contributed by atoms with Gasteiger partial charge in [0.25, 0.3) is 0 Å². The van der Waals surface area contributed by atoms with Crippen LogP contribution in [0.4, 0.5) is 0 Å². The number of carbonyl (C=O) groups is 1. The van der Waals surface area contributed by atoms with Crippen molar-refractivity contribution in [1.29, 1.82) is 0 Å². The maximum absolute atomic E-state index is 11.4. The predicted octanol–water partition coefficient (Wildman–Crippen LogP) is 3.58. The van der Waals surface area contributed by atoms with Crippen LogP contribution in [-0.4, -0.2) is 18.3 Å². The lowest BCUT2D eigenvalue weighted by Crippen LogP contribution is -2.07. The second-order valence-corrected chi connectivity index (χ2v) is 6.03. The molecule has 1 aromatic rings. The van der Waals surface area contributed by atoms with E-state index in [9.17, 15) is 4.79 Å². The molecule has 0 spiro atoms. The van der Waals surface area contributed by atoms with Crippen molar-refractivity contribution in [2.75, 3.05) is 7.11 Å². The fourth-order valence-electron chi connectivity index (χ4n) is 2.36. The Kier molecular flexibility index (Phi) is 5.12. The molecule has 1 aliphatic carbocycles. The highest BCUT2D eigenvalue weighted by atomic mass is 32.2. The van der Waals surface area contributed by atoms with Crippen LogP contribution in [0.3, 0.4) is 0 Å². The van der Waals surface area contributed by atoms with Crippen LogP contribution < -0.4 is 0 Å². The van der Waals surface area contributed by atoms with Gasteiger partial charge in [-0.05, 0) is 24.0 Å². The van der Waals surface area contributed by atoms with E-state index < -0.39 is 0 Å². The molecule has 1 aromatic carbocycles. The number of thioether (sulfide) groups is 1. The van der Waals surface area contributed by atoms with Gasteiger partial charge in [0.15, 0.2) is 0 Å². The van der Waals surface area contributed by atoms with Crippen LogP contribution in [0.5, 0.6) is 0 Å². The van der Waals surface area contributed by atoms with Crippen molar-refractivity contribution in [2.45, 2.75) is 43.1 Å². The summed E-state index contributed by atoms with van der Waals surface area (Å²) in [4.78, 5) is 11.4. The molecule has 1 aliphatic rings. The van der Waals surface area contributed by atoms with Gasteiger partial charge in [-0.25, -0.2) is 0 Å². The van der Waals surface area contributed by atoms with Crippen molar-refractivity contribution in [2.24, 2.45) is 0 Å². The van der Waals surface area contributed by atoms with Gasteiger partial charge in [-0.15, -0.1) is 0 Å². The Morgan fingerprint density at radius 1 is 1.28 bits per heavy atom. The zero-order valence-electron chi connectivity index (χ0n) is 10.9. The predicted molar refractivity (Wildman–Crippen MR) is 75.7 cm³/mol. The molecule has 1 saturated carbocycles. The number of esters is 1. The van der Waals surface area contributed by atoms with E-state index in [0.29, 0.717) is 6.42 Å². The van der Waals surface area contributed by atoms with Gasteiger partial charge in [-0.3, -0.25) is 4.79 Å². The third-order valence-electron chi connectivity index (χ3n) is 3.46. The Morgan fingerprint density at radius 2 is 1.94 bits per heavy atom. The van der Waals surface area contributed by atoms with E-state index in [0.717, 1.165) is 16.6 Å². The Bertz CT molecular complexity index is 397. The van der Waals surface area contributed by atoms with E-state index in [2.05, 4.69) is 6.07 Å². The monoisotopic (exact) mass is 264 g/mol. The van der Waals surface area contributed by atoms with Crippen LogP contribution >= 0.6 is 11.8 Å². The van der Waals surface area contributed by atoms with Crippen molar-refractivity contribution >= 4 is 17.7 Å². The number of hydrogen-bond donors (Lipinski definition) is 0. The van der Waals surface area contributed by atoms with E-state index in [1.807, 2.05) is 30.0 Å². The van der Waals surface area contributed by atoms with E-state index in [1.54, 1.807) is 0 Å². The SMILES string of the molecule is COC(=O)Cc1ccccc1CSC1CCCC1. The fourth-order valence-corrected chi connectivity index (χ4v) is 3.72. The topological polar surface area (TPSA) is 26.3 Å². The van der Waals surface area contributed by atoms with Crippen molar-refractivity contribution in [3.8, 4) is 0 Å². The summed E-state index contributed by atoms with van der Waals surface area (Å²) in [5.74, 6) is 0.853. The van der Waals surface area contributed by atoms with Crippen LogP contribution in [0.25, 0.3) is 0 Å². The molecule has 0 atom stereocenters. The largest absolute Gasteiger partial charge is 0.469 e. The molecule has 18 heavy (non-hydrogen) atoms. The smallest absolute Gasteiger partial charge is 0.309 e. The third-order valence-corrected chi connectivity index (χ3v) is 4.88. The minimum Gasteiger partial charge on any atom is -0.469 e. The van der Waals surface area contributed by atoms with Gasteiger partial charge in [-0.1, -0.05) is 37.1 Å². The van der Waals surface area contributed by atoms with Crippen molar-refractivity contribution in [3.63, 3.8) is 0 Å². The molecule has 0 N–H and O–H groups in total. The average Bonchev–Trinajstić information content (AvgIpc) is 2.91. The molecule has 2 nitrogen and oxygen atoms in total. The summed E-state index contributed by atoms with van der Waals surface area (Å²) in [5, 5.41) is 0.816. The van der Waals surface area contributed by atoms with Crippen molar-refractivity contribution in [1.82, 2.24) is 0 Å². The molecule has 0 amide bonds. The molecule has 98 valence electrons. The molecule has 0 bridgehead atoms. The summed E-state index contributed by atoms with van der Waals surface area (Å²) in [7, 11) is 1.44. The second kappa shape index (κ2) is 6.83. The number of hydrogen-bond acceptors (Lipinski definition) is 3. The molecular formula is C15H20O2S. The normalized spacial score (nSPS) is 15.8. The van der Waals surface area contributed by atoms with Crippen molar-refractivity contribution < 1.29 is 9.53 Å². The average molecular weight is 264 g/mol. The van der Waals surface area contributed by atoms with E-state index in [4.69, 9.17) is 4.74 Å². The number of methoxy groups -OCH3 is 1. The van der Waals surface area contributed by atoms with Gasteiger partial charge >= 0.3 is 5.97 Å². The van der Waals surface area contributed by atoms with Gasteiger partial charge in [0.2, 0.25) is 0 Å². The molecule has 1 fully saturated rings. The molecule has 0 saturated heterocycles. The van der Waals surface area contributed by atoms with Gasteiger partial charge in [0.05, 0.1) is 13.5 Å². The van der Waals surface area contributed by atoms with E-state index in [1.165, 1.54) is 38.4 Å². The zero-order valence-corrected chi connectivity index (χ0v) is 11.7. The lowest BCUT2D eigenvalue weighted by Gasteiger charge is -2.11. The summed E-state index contributed by atoms with van der Waals surface area (Å²) < 4.78 is 4.74. The van der Waals surface area contributed by atoms with Crippen LogP contribution in [0.15, 0.2) is 24.3 Å². The number of ether oxygens (including phenoxy) is 1. The molecule has 0 unspecified atom stereocenters. The summed E-state index contributed by atoms with van der Waals surface area (Å²) in [6.07, 6.45) is 5.84. The Labute approximate surface area is 113 Å². The van der Waals surface area contributed by atoms with Crippen LogP contribution in [0, 0.1) is 0 Å². The standard InChI is InChI=1S/C15H20O2S/c1-17-15(16)10-12-6-2-3-7-13(12)11-18-14-8-4-5-9-14/h2-3,6-7,14H,4-5,8-11H2,1H3. The van der Waals surface area contributed by atoms with E-state index in [-0.39, 0.29) is 5.97 Å². The van der Waals surface area contributed by atoms with Crippen molar-refractivity contribution in [3.05, 3.63) is 35.4 Å². The zero-order chi connectivity index (χ0) is 12.8. The summed E-state index contributed by atoms with van der Waals surface area (Å²) in [6.45, 7) is 0. The minimum atomic E-state index is -0.159. The van der Waals surface area contributed by atoms with Crippen LogP contribution in [-0.2, 0) is 21.7 Å². The van der Waals surface area contributed by atoms with Crippen LogP contribution in [0.2, 0.25) is 0 Å². The van der Waals surface area contributed by atoms with E-state index >= 15 is 0 Å². The van der Waals surface area contributed by atoms with Gasteiger partial charge in [-0.2, -0.15) is 11.8 Å². The second-order valence-electron chi connectivity index (χ2n) is 4.74. The highest BCUT2D eigenvalue weighted by molar-refractivity contribution is 7.99. The fraction of sp³-hybridized carbons (Fsp3) is 0.533. The number of benzene rings is 1. The lowest BCUT2D eigenvalue weighted by molar-refractivity contribution is -0.139. The Morgan fingerprint density at radius 3 is 2.61 bits per heavy atom. The summed E-state index contributed by atoms with van der Waals surface area (Å²) in [6, 6.07) is 8.19. The highest BCUT2D eigenvalue weighted by Gasteiger charge is 2.16. The minimum absolute atomic E-state index is 0.159. The Balaban J connectivity index is 1.95. The quantitative estimate of drug-likeness (QED) is 0.760. The maximum Gasteiger partial charge on any atom is 0.309 e. The highest BCUT2D eigenvalue weighted by Crippen LogP contribution is 2.32. The molecule has 0 radical (unpaired) electrons. The van der Waals surface area contributed by atoms with Gasteiger partial charge in [0.1, 0.15) is 0 Å². The molecule has 2 rings (SSSR count). The first kappa shape index (κ1) is 13.5. The van der Waals surface area contributed by atoms with Gasteiger partial charge < -0.3 is 4.74 Å². The van der Waals surface area contributed by atoms with Gasteiger partial charge in [0, 0.05) is 11.0 Å². The first-order chi connectivity index (χ1) is 8.79. The maximum atomic E-state index is 11.4. The third kappa shape index (κ3) is 3.77. The summed E-state index contributed by atoms with van der Waals surface area (Å²) >= 11 is 2.03. The molecular weight excluding hydrogens is 244 g/mol. The molecule has 0 aromatic heterocycles. The number of carbonyl (C=O) groups excluding carboxylic acids is 1. The number of rotatable bonds is 5. The van der Waals surface area contributed by atoms with Crippen LogP contribution in [0.1, 0.15) is 36.8 Å². The molecule has 3 heteroatoms.